The fourth-order valence-corrected chi connectivity index (χ4v) is 6.70. The van der Waals surface area contributed by atoms with Gasteiger partial charge >= 0.3 is 15.2 Å². The quantitative estimate of drug-likeness (QED) is 0.131. The minimum absolute atomic E-state index is 0.148. The van der Waals surface area contributed by atoms with Gasteiger partial charge in [0.15, 0.2) is 0 Å². The zero-order valence-corrected chi connectivity index (χ0v) is 23.8. The molecule has 0 saturated heterocycles. The molecule has 0 saturated carbocycles. The molecule has 0 atom stereocenters. The Morgan fingerprint density at radius 2 is 0.643 bits per heavy atom. The van der Waals surface area contributed by atoms with Gasteiger partial charge in [-0.3, -0.25) is 9.59 Å². The summed E-state index contributed by atoms with van der Waals surface area (Å²) in [5.41, 5.74) is -2.34. The molecular weight excluding hydrogens is 574 g/mol. The molecule has 5 aromatic rings. The third-order valence-corrected chi connectivity index (χ3v) is 9.05. The van der Waals surface area contributed by atoms with Crippen molar-refractivity contribution in [3.63, 3.8) is 0 Å². The van der Waals surface area contributed by atoms with Gasteiger partial charge < -0.3 is 18.1 Å². The van der Waals surface area contributed by atoms with Crippen LogP contribution in [0.2, 0.25) is 0 Å². The minimum atomic E-state index is -4.56. The highest BCUT2D eigenvalue weighted by Crippen LogP contribution is 2.53. The molecule has 0 spiro atoms. The van der Waals surface area contributed by atoms with Crippen LogP contribution in [0.25, 0.3) is 0 Å². The molecule has 0 radical (unpaired) electrons. The summed E-state index contributed by atoms with van der Waals surface area (Å²) in [5.74, 6) is 0.590. The monoisotopic (exact) mass is 598 g/mol. The molecule has 5 aromatic carbocycles. The molecule has 0 amide bonds. The first-order valence-corrected chi connectivity index (χ1v) is 15.8. The molecule has 0 aliphatic rings. The highest BCUT2D eigenvalue weighted by Gasteiger charge is 2.42. The first kappa shape index (κ1) is 28.6. The Bertz CT molecular complexity index is 1540. The second kappa shape index (κ2) is 12.7. The van der Waals surface area contributed by atoms with Crippen molar-refractivity contribution in [3.05, 3.63) is 157 Å². The van der Waals surface area contributed by atoms with Gasteiger partial charge in [0.25, 0.3) is 11.0 Å². The third-order valence-electron chi connectivity index (χ3n) is 5.73. The number of hydrogen-bond donors (Lipinski definition) is 0. The lowest BCUT2D eigenvalue weighted by Crippen LogP contribution is -2.14. The first-order chi connectivity index (χ1) is 20.3. The van der Waals surface area contributed by atoms with Gasteiger partial charge in [-0.25, -0.2) is 9.13 Å². The second-order valence-electron chi connectivity index (χ2n) is 8.80. The Morgan fingerprint density at radius 1 is 0.381 bits per heavy atom. The molecule has 10 heteroatoms. The smallest absolute Gasteiger partial charge is 0.411 e. The first-order valence-electron chi connectivity index (χ1n) is 12.7. The fourth-order valence-electron chi connectivity index (χ4n) is 3.79. The summed E-state index contributed by atoms with van der Waals surface area (Å²) >= 11 is 0. The molecule has 5 rings (SSSR count). The van der Waals surface area contributed by atoms with Crippen LogP contribution in [0.15, 0.2) is 146 Å². The number of carbonyl (C=O) groups is 2. The number of carbonyl (C=O) groups excluding carboxylic acids is 2. The van der Waals surface area contributed by atoms with Crippen LogP contribution < -0.4 is 18.1 Å². The van der Waals surface area contributed by atoms with Gasteiger partial charge in [-0.1, -0.05) is 91.0 Å². The Hall–Kier alpha value is -4.90. The Kier molecular flexibility index (Phi) is 8.68. The van der Waals surface area contributed by atoms with Crippen molar-refractivity contribution in [1.82, 2.24) is 0 Å². The molecule has 0 heterocycles. The van der Waals surface area contributed by atoms with Crippen LogP contribution >= 0.6 is 15.2 Å². The maximum atomic E-state index is 14.0. The third kappa shape index (κ3) is 6.87. The van der Waals surface area contributed by atoms with E-state index in [0.717, 1.165) is 6.07 Å². The highest BCUT2D eigenvalue weighted by molar-refractivity contribution is 7.73. The topological polar surface area (TPSA) is 105 Å². The molecule has 0 unspecified atom stereocenters. The number of hydrogen-bond acceptors (Lipinski definition) is 8. The van der Waals surface area contributed by atoms with Gasteiger partial charge in [-0.05, 0) is 54.6 Å². The summed E-state index contributed by atoms with van der Waals surface area (Å²) in [6, 6.07) is 37.7. The minimum Gasteiger partial charge on any atom is -0.411 e. The number of para-hydroxylation sites is 4. The molecule has 0 fully saturated rings. The fraction of sp³-hybridized carbons (Fsp3) is 0. The van der Waals surface area contributed by atoms with Gasteiger partial charge in [-0.2, -0.15) is 0 Å². The van der Waals surface area contributed by atoms with E-state index in [0.29, 0.717) is 0 Å². The van der Waals surface area contributed by atoms with E-state index in [-0.39, 0.29) is 34.1 Å². The maximum absolute atomic E-state index is 14.0. The van der Waals surface area contributed by atoms with Gasteiger partial charge in [0, 0.05) is 11.1 Å². The predicted octanol–water partition coefficient (Wildman–Crippen LogP) is 8.67. The van der Waals surface area contributed by atoms with E-state index < -0.39 is 26.2 Å². The predicted molar refractivity (Wildman–Crippen MR) is 159 cm³/mol. The Morgan fingerprint density at radius 3 is 0.905 bits per heavy atom. The molecular formula is C32H24O8P2. The average Bonchev–Trinajstić information content (AvgIpc) is 3.02. The molecule has 0 aromatic heterocycles. The molecule has 8 nitrogen and oxygen atoms in total. The van der Waals surface area contributed by atoms with E-state index in [4.69, 9.17) is 18.1 Å². The van der Waals surface area contributed by atoms with E-state index in [1.165, 1.54) is 66.7 Å². The van der Waals surface area contributed by atoms with Gasteiger partial charge in [-0.15, -0.1) is 0 Å². The van der Waals surface area contributed by atoms with Crippen LogP contribution in [0.4, 0.5) is 0 Å². The zero-order valence-electron chi connectivity index (χ0n) is 22.0. The van der Waals surface area contributed by atoms with Gasteiger partial charge in [0.1, 0.15) is 23.0 Å². The van der Waals surface area contributed by atoms with Gasteiger partial charge in [0.05, 0.1) is 0 Å². The van der Waals surface area contributed by atoms with Crippen LogP contribution in [0.5, 0.6) is 23.0 Å². The summed E-state index contributed by atoms with van der Waals surface area (Å²) in [6.45, 7) is 0. The van der Waals surface area contributed by atoms with Crippen molar-refractivity contribution in [1.29, 1.82) is 0 Å². The zero-order chi connectivity index (χ0) is 29.4. The Labute approximate surface area is 242 Å². The van der Waals surface area contributed by atoms with Crippen molar-refractivity contribution in [2.45, 2.75) is 0 Å². The molecule has 0 aliphatic carbocycles. The molecule has 0 bridgehead atoms. The van der Waals surface area contributed by atoms with Crippen LogP contribution in [0.3, 0.4) is 0 Å². The molecule has 0 N–H and O–H groups in total. The lowest BCUT2D eigenvalue weighted by molar-refractivity contribution is 0.104. The largest absolute Gasteiger partial charge is 0.503 e. The van der Waals surface area contributed by atoms with Crippen LogP contribution in [-0.4, -0.2) is 11.0 Å². The van der Waals surface area contributed by atoms with E-state index in [9.17, 15) is 18.7 Å². The Balaban J connectivity index is 1.50. The molecule has 210 valence electrons. The summed E-state index contributed by atoms with van der Waals surface area (Å²) in [7, 11) is -9.12. The average molecular weight is 598 g/mol. The molecule has 0 aliphatic heterocycles. The van der Waals surface area contributed by atoms with Crippen LogP contribution in [0, 0.1) is 0 Å². The van der Waals surface area contributed by atoms with Crippen molar-refractivity contribution >= 4 is 26.2 Å². The summed E-state index contributed by atoms with van der Waals surface area (Å²) < 4.78 is 50.6. The summed E-state index contributed by atoms with van der Waals surface area (Å²) in [5, 5.41) is 0. The van der Waals surface area contributed by atoms with Gasteiger partial charge in [0.2, 0.25) is 0 Å². The van der Waals surface area contributed by atoms with Crippen molar-refractivity contribution in [2.75, 3.05) is 0 Å². The SMILES string of the molecule is O=C(c1cccc(C(=O)P(=O)(Oc2ccccc2)Oc2ccccc2)c1)P(=O)(Oc1ccccc1)Oc1ccccc1. The highest BCUT2D eigenvalue weighted by atomic mass is 31.2. The maximum Gasteiger partial charge on any atom is 0.503 e. The van der Waals surface area contributed by atoms with E-state index in [2.05, 4.69) is 0 Å². The van der Waals surface area contributed by atoms with Crippen molar-refractivity contribution in [2.24, 2.45) is 0 Å². The van der Waals surface area contributed by atoms with Crippen LogP contribution in [-0.2, 0) is 9.13 Å². The summed E-state index contributed by atoms with van der Waals surface area (Å²) in [6.07, 6.45) is 0. The number of benzene rings is 5. The van der Waals surface area contributed by atoms with E-state index in [1.54, 1.807) is 72.8 Å². The second-order valence-corrected chi connectivity index (χ2v) is 12.3. The van der Waals surface area contributed by atoms with Crippen molar-refractivity contribution in [3.8, 4) is 23.0 Å². The lowest BCUT2D eigenvalue weighted by Gasteiger charge is -2.20. The standard InChI is InChI=1S/C32H24O8P2/c33-31(41(35,37-27-16-5-1-6-17-27)38-28-18-7-2-8-19-28)25-14-13-15-26(24-25)32(34)42(36,39-29-20-9-3-10-21-29)40-30-22-11-4-12-23-30/h1-24H. The van der Waals surface area contributed by atoms with Crippen molar-refractivity contribution < 1.29 is 36.8 Å². The van der Waals surface area contributed by atoms with E-state index in [1.807, 2.05) is 0 Å². The normalized spacial score (nSPS) is 11.2. The summed E-state index contributed by atoms with van der Waals surface area (Å²) in [4.78, 5) is 27.5. The molecule has 42 heavy (non-hydrogen) atoms. The lowest BCUT2D eigenvalue weighted by atomic mass is 10.1. The van der Waals surface area contributed by atoms with Crippen LogP contribution in [0.1, 0.15) is 20.7 Å². The number of rotatable bonds is 12. The van der Waals surface area contributed by atoms with E-state index >= 15 is 0 Å².